The van der Waals surface area contributed by atoms with Gasteiger partial charge in [0, 0.05) is 16.8 Å². The number of carbonyl (C=O) groups excluding carboxylic acids is 2. The summed E-state index contributed by atoms with van der Waals surface area (Å²) in [5.74, 6) is -0.501. The number of hydrogen-bond donors (Lipinski definition) is 1. The second kappa shape index (κ2) is 9.92. The third-order valence-electron chi connectivity index (χ3n) is 5.12. The number of halogens is 1. The van der Waals surface area contributed by atoms with Crippen molar-refractivity contribution in [2.75, 3.05) is 0 Å². The molecule has 2 atom stereocenters. The van der Waals surface area contributed by atoms with E-state index in [1.807, 2.05) is 56.2 Å². The lowest BCUT2D eigenvalue weighted by atomic mass is 9.93. The summed E-state index contributed by atoms with van der Waals surface area (Å²) in [4.78, 5) is 32.3. The van der Waals surface area contributed by atoms with Crippen molar-refractivity contribution >= 4 is 40.4 Å². The Morgan fingerprint density at radius 1 is 1.29 bits per heavy atom. The molecule has 1 N–H and O–H groups in total. The maximum Gasteiger partial charge on any atom is 0.338 e. The predicted molar refractivity (Wildman–Crippen MR) is 126 cm³/mol. The Kier molecular flexibility index (Phi) is 7.49. The summed E-state index contributed by atoms with van der Waals surface area (Å²) < 4.78 is 5.54. The van der Waals surface area contributed by atoms with Crippen LogP contribution in [-0.2, 0) is 14.3 Å². The van der Waals surface area contributed by atoms with Gasteiger partial charge in [-0.25, -0.2) is 9.79 Å². The summed E-state index contributed by atoms with van der Waals surface area (Å²) in [6.07, 6.45) is 0.767. The van der Waals surface area contributed by atoms with Crippen molar-refractivity contribution in [1.82, 2.24) is 10.2 Å². The number of rotatable bonds is 7. The molecule has 0 aliphatic carbocycles. The molecule has 2 heterocycles. The van der Waals surface area contributed by atoms with Crippen LogP contribution in [0, 0.1) is 0 Å². The van der Waals surface area contributed by atoms with Crippen molar-refractivity contribution in [1.29, 1.82) is 0 Å². The maximum absolute atomic E-state index is 13.1. The quantitative estimate of drug-likeness (QED) is 0.567. The zero-order valence-electron chi connectivity index (χ0n) is 18.4. The van der Waals surface area contributed by atoms with Crippen molar-refractivity contribution in [2.24, 2.45) is 4.99 Å². The Morgan fingerprint density at radius 2 is 2.00 bits per heavy atom. The first-order valence-electron chi connectivity index (χ1n) is 10.4. The maximum atomic E-state index is 13.1. The van der Waals surface area contributed by atoms with E-state index in [9.17, 15) is 9.59 Å². The Labute approximate surface area is 192 Å². The third-order valence-corrected chi connectivity index (χ3v) is 6.36. The number of aliphatic imine (C=N–C) groups is 1. The normalized spacial score (nSPS) is 19.1. The molecule has 8 heteroatoms. The Morgan fingerprint density at radius 3 is 2.65 bits per heavy atom. The molecule has 0 fully saturated rings. The topological polar surface area (TPSA) is 71.0 Å². The van der Waals surface area contributed by atoms with Crippen LogP contribution in [0.4, 0.5) is 0 Å². The highest BCUT2D eigenvalue weighted by Crippen LogP contribution is 2.46. The monoisotopic (exact) mass is 461 g/mol. The number of amidine groups is 1. The molecule has 1 amide bonds. The number of hydrogen-bond acceptors (Lipinski definition) is 6. The van der Waals surface area contributed by atoms with Gasteiger partial charge >= 0.3 is 5.97 Å². The van der Waals surface area contributed by atoms with Crippen LogP contribution in [-0.4, -0.2) is 34.1 Å². The number of carbonyl (C=O) groups is 2. The molecule has 0 spiro atoms. The first kappa shape index (κ1) is 23.4. The number of fused-ring (bicyclic) bond motifs is 1. The van der Waals surface area contributed by atoms with E-state index in [1.165, 1.54) is 11.8 Å². The number of ether oxygens (including phenoxy) is 1. The summed E-state index contributed by atoms with van der Waals surface area (Å²) in [5, 5.41) is 6.18. The van der Waals surface area contributed by atoms with E-state index in [4.69, 9.17) is 16.3 Å². The average Bonchev–Trinajstić information content (AvgIpc) is 3.08. The summed E-state index contributed by atoms with van der Waals surface area (Å²) in [5.41, 5.74) is 2.56. The van der Waals surface area contributed by atoms with E-state index in [0.29, 0.717) is 16.3 Å². The lowest BCUT2D eigenvalue weighted by molar-refractivity contribution is -0.143. The van der Waals surface area contributed by atoms with E-state index in [0.717, 1.165) is 22.8 Å². The molecular formula is C23H28ClN3O3S. The van der Waals surface area contributed by atoms with Crippen LogP contribution in [0.5, 0.6) is 0 Å². The molecule has 0 unspecified atom stereocenters. The van der Waals surface area contributed by atoms with Gasteiger partial charge in [-0.05, 0) is 51.2 Å². The minimum absolute atomic E-state index is 0.0714. The standard InChI is InChI=1S/C23H28ClN3O3S/c1-6-14(4)25-19(28)11-16-12-31-23-26-15(5)20(22(29)30-13(2)3)21(27(16)23)17-9-7-8-10-18(17)24/h7-10,12-14,21H,6,11H2,1-5H3,(H,25,28)/t14-,21-/m1/s1. The smallest absolute Gasteiger partial charge is 0.338 e. The number of nitrogens with one attached hydrogen (secondary N) is 1. The Bertz CT molecular complexity index is 971. The molecule has 0 saturated carbocycles. The Hall–Kier alpha value is -2.25. The SMILES string of the molecule is CC[C@@H](C)NC(=O)CC1=CSC2=NC(C)=C(C(=O)OC(C)C)[C@@H](c3ccccc3Cl)N12. The molecule has 166 valence electrons. The summed E-state index contributed by atoms with van der Waals surface area (Å²) in [6, 6.07) is 6.99. The van der Waals surface area contributed by atoms with Crippen molar-refractivity contribution in [2.45, 2.75) is 65.6 Å². The number of nitrogens with zero attached hydrogens (tertiary/aromatic N) is 2. The van der Waals surface area contributed by atoms with Gasteiger partial charge in [0.2, 0.25) is 5.91 Å². The highest BCUT2D eigenvalue weighted by molar-refractivity contribution is 8.16. The summed E-state index contributed by atoms with van der Waals surface area (Å²) in [6.45, 7) is 9.43. The van der Waals surface area contributed by atoms with Crippen molar-refractivity contribution in [3.8, 4) is 0 Å². The van der Waals surface area contributed by atoms with Gasteiger partial charge in [-0.3, -0.25) is 4.79 Å². The van der Waals surface area contributed by atoms with Crippen LogP contribution in [0.25, 0.3) is 0 Å². The molecule has 0 radical (unpaired) electrons. The fourth-order valence-corrected chi connectivity index (χ4v) is 4.70. The Balaban J connectivity index is 2.02. The van der Waals surface area contributed by atoms with Crippen LogP contribution in [0.1, 0.15) is 59.1 Å². The molecule has 1 aromatic rings. The molecule has 0 aromatic heterocycles. The average molecular weight is 462 g/mol. The largest absolute Gasteiger partial charge is 0.459 e. The number of allylic oxidation sites excluding steroid dienone is 1. The highest BCUT2D eigenvalue weighted by Gasteiger charge is 2.42. The van der Waals surface area contributed by atoms with E-state index in [2.05, 4.69) is 10.3 Å². The fraction of sp³-hybridized carbons (Fsp3) is 0.435. The van der Waals surface area contributed by atoms with Gasteiger partial charge in [-0.1, -0.05) is 48.5 Å². The number of thioether (sulfide) groups is 1. The van der Waals surface area contributed by atoms with Crippen molar-refractivity contribution < 1.29 is 14.3 Å². The van der Waals surface area contributed by atoms with E-state index >= 15 is 0 Å². The molecule has 2 aliphatic heterocycles. The minimum Gasteiger partial charge on any atom is -0.459 e. The zero-order valence-corrected chi connectivity index (χ0v) is 20.0. The lowest BCUT2D eigenvalue weighted by Gasteiger charge is -2.36. The van der Waals surface area contributed by atoms with Crippen LogP contribution < -0.4 is 5.32 Å². The van der Waals surface area contributed by atoms with Gasteiger partial charge in [0.05, 0.1) is 29.8 Å². The van der Waals surface area contributed by atoms with Gasteiger partial charge < -0.3 is 15.0 Å². The molecule has 0 saturated heterocycles. The van der Waals surface area contributed by atoms with E-state index in [-0.39, 0.29) is 24.5 Å². The van der Waals surface area contributed by atoms with E-state index in [1.54, 1.807) is 13.0 Å². The van der Waals surface area contributed by atoms with E-state index < -0.39 is 12.0 Å². The zero-order chi connectivity index (χ0) is 22.7. The first-order chi connectivity index (χ1) is 14.7. The summed E-state index contributed by atoms with van der Waals surface area (Å²) >= 11 is 8.01. The second-order valence-electron chi connectivity index (χ2n) is 7.92. The van der Waals surface area contributed by atoms with Crippen LogP contribution in [0.2, 0.25) is 5.02 Å². The van der Waals surface area contributed by atoms with Gasteiger partial charge in [0.1, 0.15) is 0 Å². The predicted octanol–water partition coefficient (Wildman–Crippen LogP) is 5.17. The van der Waals surface area contributed by atoms with Gasteiger partial charge in [-0.15, -0.1) is 0 Å². The fourth-order valence-electron chi connectivity index (χ4n) is 3.49. The molecule has 0 bridgehead atoms. The number of benzene rings is 1. The molecule has 2 aliphatic rings. The van der Waals surface area contributed by atoms with Crippen LogP contribution >= 0.6 is 23.4 Å². The van der Waals surface area contributed by atoms with Crippen LogP contribution in [0.3, 0.4) is 0 Å². The summed E-state index contributed by atoms with van der Waals surface area (Å²) in [7, 11) is 0. The minimum atomic E-state index is -0.523. The lowest BCUT2D eigenvalue weighted by Crippen LogP contribution is -2.39. The van der Waals surface area contributed by atoms with Gasteiger partial charge in [0.25, 0.3) is 0 Å². The van der Waals surface area contributed by atoms with Crippen LogP contribution in [0.15, 0.2) is 51.6 Å². The number of amides is 1. The number of esters is 1. The van der Waals surface area contributed by atoms with Crippen molar-refractivity contribution in [3.05, 3.63) is 57.2 Å². The van der Waals surface area contributed by atoms with Gasteiger partial charge in [0.15, 0.2) is 5.17 Å². The first-order valence-corrected chi connectivity index (χ1v) is 11.7. The molecule has 6 nitrogen and oxygen atoms in total. The molecule has 31 heavy (non-hydrogen) atoms. The third kappa shape index (κ3) is 5.15. The second-order valence-corrected chi connectivity index (χ2v) is 9.17. The van der Waals surface area contributed by atoms with Crippen molar-refractivity contribution in [3.63, 3.8) is 0 Å². The highest BCUT2D eigenvalue weighted by atomic mass is 35.5. The molecule has 1 aromatic carbocycles. The molecular weight excluding hydrogens is 434 g/mol. The molecule has 3 rings (SSSR count). The van der Waals surface area contributed by atoms with Gasteiger partial charge in [-0.2, -0.15) is 0 Å².